The number of rotatable bonds is 7. The molecule has 0 radical (unpaired) electrons. The van der Waals surface area contributed by atoms with Gasteiger partial charge in [0.2, 0.25) is 16.6 Å². The predicted octanol–water partition coefficient (Wildman–Crippen LogP) is 9.01. The van der Waals surface area contributed by atoms with Crippen molar-refractivity contribution in [3.05, 3.63) is 59.7 Å². The van der Waals surface area contributed by atoms with Crippen LogP contribution in [0.3, 0.4) is 0 Å². The highest BCUT2D eigenvalue weighted by Crippen LogP contribution is 2.45. The number of benzene rings is 2. The summed E-state index contributed by atoms with van der Waals surface area (Å²) in [6.07, 6.45) is 3.28. The van der Waals surface area contributed by atoms with Crippen LogP contribution in [0.15, 0.2) is 48.5 Å². The summed E-state index contributed by atoms with van der Waals surface area (Å²) >= 11 is 0. The molecule has 1 aliphatic rings. The first-order chi connectivity index (χ1) is 17.4. The van der Waals surface area contributed by atoms with Crippen LogP contribution in [0.25, 0.3) is 0 Å². The largest absolute Gasteiger partial charge is 0.543 e. The van der Waals surface area contributed by atoms with Gasteiger partial charge >= 0.3 is 0 Å². The smallest absolute Gasteiger partial charge is 0.277 e. The predicted molar refractivity (Wildman–Crippen MR) is 161 cm³/mol. The molecule has 1 amide bonds. The van der Waals surface area contributed by atoms with Crippen LogP contribution in [0.1, 0.15) is 89.1 Å². The first-order valence-electron chi connectivity index (χ1n) is 14.0. The molecule has 0 bridgehead atoms. The van der Waals surface area contributed by atoms with Gasteiger partial charge in [-0.3, -0.25) is 10.0 Å². The van der Waals surface area contributed by atoms with Crippen molar-refractivity contribution in [1.82, 2.24) is 5.06 Å². The Morgan fingerprint density at radius 1 is 0.816 bits per heavy atom. The number of hydrogen-bond donors (Lipinski definition) is 1. The minimum Gasteiger partial charge on any atom is -0.543 e. The van der Waals surface area contributed by atoms with Gasteiger partial charge in [0, 0.05) is 11.6 Å². The Morgan fingerprint density at radius 3 is 1.87 bits per heavy atom. The summed E-state index contributed by atoms with van der Waals surface area (Å²) in [7, 11) is -4.07. The fourth-order valence-corrected chi connectivity index (χ4v) is 6.44. The summed E-state index contributed by atoms with van der Waals surface area (Å²) in [6, 6.07) is 15.3. The molecule has 5 nitrogen and oxygen atoms in total. The van der Waals surface area contributed by atoms with Gasteiger partial charge in [-0.05, 0) is 91.6 Å². The van der Waals surface area contributed by atoms with Crippen molar-refractivity contribution in [1.29, 1.82) is 0 Å². The van der Waals surface area contributed by atoms with Crippen molar-refractivity contribution in [2.75, 3.05) is 0 Å². The molecular weight excluding hydrogens is 507 g/mol. The lowest BCUT2D eigenvalue weighted by Gasteiger charge is -2.39. The third-order valence-corrected chi connectivity index (χ3v) is 17.7. The molecular formula is C31H49NO4Si2. The minimum atomic E-state index is -2.08. The van der Waals surface area contributed by atoms with Crippen molar-refractivity contribution in [3.63, 3.8) is 0 Å². The van der Waals surface area contributed by atoms with Crippen LogP contribution in [-0.4, -0.2) is 38.9 Å². The Morgan fingerprint density at radius 2 is 1.34 bits per heavy atom. The molecule has 0 unspecified atom stereocenters. The lowest BCUT2D eigenvalue weighted by molar-refractivity contribution is -0.0974. The second-order valence-corrected chi connectivity index (χ2v) is 23.4. The van der Waals surface area contributed by atoms with E-state index in [1.807, 2.05) is 18.2 Å². The van der Waals surface area contributed by atoms with Gasteiger partial charge in [-0.25, -0.2) is 5.06 Å². The fourth-order valence-electron chi connectivity index (χ4n) is 4.39. The van der Waals surface area contributed by atoms with Crippen LogP contribution in [-0.2, 0) is 0 Å². The van der Waals surface area contributed by atoms with Gasteiger partial charge in [-0.2, -0.15) is 0 Å². The first kappa shape index (κ1) is 30.4. The van der Waals surface area contributed by atoms with Crippen molar-refractivity contribution in [2.45, 2.75) is 115 Å². The SMILES string of the molecule is CC(C)(C)[Si](C)(C)Oc1ccc([C@H]2CC[C@H](N(O)C(=O)c3ccccc3)CC2)c(O[Si](C)(C)C(C)(C)C)c1. The van der Waals surface area contributed by atoms with E-state index in [1.54, 1.807) is 12.1 Å². The van der Waals surface area contributed by atoms with E-state index in [9.17, 15) is 10.0 Å². The Balaban J connectivity index is 1.83. The molecule has 0 aromatic heterocycles. The molecule has 2 aromatic rings. The highest BCUT2D eigenvalue weighted by molar-refractivity contribution is 6.75. The van der Waals surface area contributed by atoms with Crippen molar-refractivity contribution < 1.29 is 18.9 Å². The summed E-state index contributed by atoms with van der Waals surface area (Å²) in [5, 5.41) is 11.9. The highest BCUT2D eigenvalue weighted by atomic mass is 28.4. The van der Waals surface area contributed by atoms with E-state index < -0.39 is 16.6 Å². The monoisotopic (exact) mass is 555 g/mol. The normalized spacial score (nSPS) is 19.1. The molecule has 38 heavy (non-hydrogen) atoms. The fraction of sp³-hybridized carbons (Fsp3) is 0.581. The lowest BCUT2D eigenvalue weighted by Crippen LogP contribution is -2.45. The van der Waals surface area contributed by atoms with Crippen LogP contribution >= 0.6 is 0 Å². The van der Waals surface area contributed by atoms with E-state index in [4.69, 9.17) is 8.85 Å². The summed E-state index contributed by atoms with van der Waals surface area (Å²) in [5.41, 5.74) is 1.73. The third-order valence-electron chi connectivity index (χ3n) is 9.05. The van der Waals surface area contributed by atoms with Crippen LogP contribution in [0, 0.1) is 0 Å². The van der Waals surface area contributed by atoms with Gasteiger partial charge < -0.3 is 8.85 Å². The van der Waals surface area contributed by atoms with Gasteiger partial charge in [0.05, 0.1) is 6.04 Å². The Bertz CT molecular complexity index is 1100. The standard InChI is InChI=1S/C31H49NO4Si2/c1-30(2,3)37(7,8)35-26-20-21-27(28(22-26)36-38(9,10)31(4,5)6)23-16-18-25(19-17-23)32(34)29(33)24-14-12-11-13-15-24/h11-15,20-23,25,34H,16-19H2,1-10H3/t23-,25-. The molecule has 0 spiro atoms. The molecule has 0 atom stereocenters. The highest BCUT2D eigenvalue weighted by Gasteiger charge is 2.41. The maximum absolute atomic E-state index is 12.8. The number of carbonyl (C=O) groups is 1. The summed E-state index contributed by atoms with van der Waals surface area (Å²) in [6.45, 7) is 22.7. The zero-order valence-electron chi connectivity index (χ0n) is 25.2. The average Bonchev–Trinajstić information content (AvgIpc) is 2.82. The molecule has 210 valence electrons. The van der Waals surface area contributed by atoms with E-state index in [0.29, 0.717) is 11.5 Å². The number of hydroxylamine groups is 2. The zero-order valence-corrected chi connectivity index (χ0v) is 27.2. The minimum absolute atomic E-state index is 0.0768. The number of nitrogens with zero attached hydrogens (tertiary/aromatic N) is 1. The second kappa shape index (κ2) is 11.2. The molecule has 0 heterocycles. The van der Waals surface area contributed by atoms with Crippen molar-refractivity contribution in [2.24, 2.45) is 0 Å². The lowest BCUT2D eigenvalue weighted by atomic mass is 9.81. The maximum atomic E-state index is 12.8. The quantitative estimate of drug-likeness (QED) is 0.210. The second-order valence-electron chi connectivity index (χ2n) is 13.9. The molecule has 1 aliphatic carbocycles. The first-order valence-corrected chi connectivity index (χ1v) is 19.8. The Kier molecular flexibility index (Phi) is 8.96. The molecule has 7 heteroatoms. The molecule has 1 fully saturated rings. The van der Waals surface area contributed by atoms with Crippen molar-refractivity contribution >= 4 is 22.5 Å². The van der Waals surface area contributed by atoms with E-state index in [-0.39, 0.29) is 22.0 Å². The topological polar surface area (TPSA) is 59.0 Å². The zero-order chi connectivity index (χ0) is 28.5. The van der Waals surface area contributed by atoms with Gasteiger partial charge in [-0.15, -0.1) is 0 Å². The van der Waals surface area contributed by atoms with Gasteiger partial charge in [-0.1, -0.05) is 65.8 Å². The summed E-state index contributed by atoms with van der Waals surface area (Å²) in [5.74, 6) is 1.81. The molecule has 1 saturated carbocycles. The molecule has 1 N–H and O–H groups in total. The molecule has 2 aromatic carbocycles. The van der Waals surface area contributed by atoms with Crippen LogP contribution in [0.5, 0.6) is 11.5 Å². The number of carbonyl (C=O) groups excluding carboxylic acids is 1. The average molecular weight is 556 g/mol. The van der Waals surface area contributed by atoms with E-state index in [0.717, 1.165) is 42.2 Å². The van der Waals surface area contributed by atoms with Crippen molar-refractivity contribution in [3.8, 4) is 11.5 Å². The summed E-state index contributed by atoms with van der Waals surface area (Å²) < 4.78 is 13.6. The van der Waals surface area contributed by atoms with Gasteiger partial charge in [0.15, 0.2) is 0 Å². The number of amides is 1. The maximum Gasteiger partial charge on any atom is 0.277 e. The van der Waals surface area contributed by atoms with E-state index in [2.05, 4.69) is 85.9 Å². The van der Waals surface area contributed by atoms with Gasteiger partial charge in [0.1, 0.15) is 11.5 Å². The van der Waals surface area contributed by atoms with Crippen LogP contribution < -0.4 is 8.85 Å². The molecule has 0 saturated heterocycles. The van der Waals surface area contributed by atoms with Crippen LogP contribution in [0.4, 0.5) is 0 Å². The third kappa shape index (κ3) is 6.91. The summed E-state index contributed by atoms with van der Waals surface area (Å²) in [4.78, 5) is 12.8. The van der Waals surface area contributed by atoms with Crippen LogP contribution in [0.2, 0.25) is 36.3 Å². The Labute approximate surface area is 232 Å². The van der Waals surface area contributed by atoms with E-state index in [1.165, 1.54) is 5.56 Å². The van der Waals surface area contributed by atoms with Gasteiger partial charge in [0.25, 0.3) is 5.91 Å². The molecule has 0 aliphatic heterocycles. The molecule has 3 rings (SSSR count). The van der Waals surface area contributed by atoms with E-state index >= 15 is 0 Å². The Hall–Kier alpha value is -2.10. The number of hydrogen-bond acceptors (Lipinski definition) is 4.